The van der Waals surface area contributed by atoms with Gasteiger partial charge < -0.3 is 15.4 Å². The lowest BCUT2D eigenvalue weighted by molar-refractivity contribution is 0.322. The number of nitrogens with zero attached hydrogens (tertiary/aromatic N) is 3. The monoisotopic (exact) mass is 284 g/mol. The Kier molecular flexibility index (Phi) is 3.90. The first-order valence-corrected chi connectivity index (χ1v) is 7.40. The van der Waals surface area contributed by atoms with Crippen molar-refractivity contribution in [3.05, 3.63) is 36.2 Å². The van der Waals surface area contributed by atoms with Crippen molar-refractivity contribution < 1.29 is 4.74 Å². The fraction of sp³-hybridized carbons (Fsp3) is 0.375. The topological polar surface area (TPSA) is 64.3 Å². The van der Waals surface area contributed by atoms with E-state index in [0.717, 1.165) is 55.2 Å². The summed E-state index contributed by atoms with van der Waals surface area (Å²) >= 11 is 0. The molecule has 1 aliphatic rings. The highest BCUT2D eigenvalue weighted by Gasteiger charge is 2.22. The Bertz CT molecular complexity index is 629. The second-order valence-corrected chi connectivity index (χ2v) is 5.13. The summed E-state index contributed by atoms with van der Waals surface area (Å²) in [7, 11) is 0. The fourth-order valence-corrected chi connectivity index (χ4v) is 2.69. The quantitative estimate of drug-likeness (QED) is 0.938. The van der Waals surface area contributed by atoms with E-state index in [-0.39, 0.29) is 0 Å². The highest BCUT2D eigenvalue weighted by Crippen LogP contribution is 2.37. The molecule has 2 N–H and O–H groups in total. The van der Waals surface area contributed by atoms with Crippen molar-refractivity contribution in [1.29, 1.82) is 0 Å². The molecule has 3 rings (SSSR count). The molecule has 0 bridgehead atoms. The van der Waals surface area contributed by atoms with Crippen molar-refractivity contribution in [3.63, 3.8) is 0 Å². The van der Waals surface area contributed by atoms with Crippen molar-refractivity contribution >= 4 is 17.3 Å². The molecule has 1 aromatic heterocycles. The maximum absolute atomic E-state index is 6.06. The summed E-state index contributed by atoms with van der Waals surface area (Å²) in [5.41, 5.74) is 8.14. The molecule has 0 atom stereocenters. The third-order valence-corrected chi connectivity index (χ3v) is 3.65. The van der Waals surface area contributed by atoms with Crippen LogP contribution in [0, 0.1) is 0 Å². The van der Waals surface area contributed by atoms with Gasteiger partial charge in [0.15, 0.2) is 0 Å². The number of nitrogen functional groups attached to an aromatic ring is 1. The van der Waals surface area contributed by atoms with E-state index in [0.29, 0.717) is 5.82 Å². The van der Waals surface area contributed by atoms with Crippen molar-refractivity contribution in [3.8, 4) is 5.75 Å². The Hall–Kier alpha value is -2.30. The number of hydrogen-bond acceptors (Lipinski definition) is 5. The van der Waals surface area contributed by atoms with Gasteiger partial charge in [0.25, 0.3) is 0 Å². The van der Waals surface area contributed by atoms with Gasteiger partial charge in [-0.1, -0.05) is 25.5 Å². The first-order valence-electron chi connectivity index (χ1n) is 7.40. The second-order valence-electron chi connectivity index (χ2n) is 5.13. The Balaban J connectivity index is 2.10. The minimum atomic E-state index is 0.574. The first kappa shape index (κ1) is 13.7. The number of fused-ring (bicyclic) bond motifs is 1. The largest absolute Gasteiger partial charge is 0.491 e. The molecule has 0 saturated carbocycles. The number of aromatic nitrogens is 2. The third-order valence-electron chi connectivity index (χ3n) is 3.65. The smallest absolute Gasteiger partial charge is 0.142 e. The molecular weight excluding hydrogens is 264 g/mol. The zero-order valence-electron chi connectivity index (χ0n) is 12.2. The Morgan fingerprint density at radius 1 is 1.29 bits per heavy atom. The predicted octanol–water partition coefficient (Wildman–Crippen LogP) is 2.93. The van der Waals surface area contributed by atoms with E-state index in [1.54, 1.807) is 0 Å². The van der Waals surface area contributed by atoms with Crippen LogP contribution in [0.3, 0.4) is 0 Å². The number of hydrogen-bond donors (Lipinski definition) is 1. The second kappa shape index (κ2) is 5.99. The summed E-state index contributed by atoms with van der Waals surface area (Å²) in [5.74, 6) is 2.38. The van der Waals surface area contributed by atoms with Gasteiger partial charge in [-0.3, -0.25) is 0 Å². The summed E-state index contributed by atoms with van der Waals surface area (Å²) < 4.78 is 5.81. The average Bonchev–Trinajstić information content (AvgIpc) is 2.72. The number of anilines is 3. The van der Waals surface area contributed by atoms with Crippen LogP contribution in [-0.4, -0.2) is 23.1 Å². The van der Waals surface area contributed by atoms with Gasteiger partial charge in [0, 0.05) is 12.1 Å². The maximum atomic E-state index is 6.06. The van der Waals surface area contributed by atoms with E-state index < -0.39 is 0 Å². The Morgan fingerprint density at radius 2 is 2.14 bits per heavy atom. The van der Waals surface area contributed by atoms with Gasteiger partial charge in [-0.15, -0.1) is 0 Å². The van der Waals surface area contributed by atoms with Gasteiger partial charge in [-0.2, -0.15) is 0 Å². The van der Waals surface area contributed by atoms with E-state index in [9.17, 15) is 0 Å². The fourth-order valence-electron chi connectivity index (χ4n) is 2.69. The van der Waals surface area contributed by atoms with E-state index in [1.807, 2.05) is 18.2 Å². The van der Waals surface area contributed by atoms with Crippen LogP contribution >= 0.6 is 0 Å². The molecule has 0 saturated heterocycles. The summed E-state index contributed by atoms with van der Waals surface area (Å²) in [6.07, 6.45) is 4.38. The van der Waals surface area contributed by atoms with Gasteiger partial charge >= 0.3 is 0 Å². The lowest BCUT2D eigenvalue weighted by Gasteiger charge is -2.25. The van der Waals surface area contributed by atoms with E-state index in [1.165, 1.54) is 6.33 Å². The molecule has 0 spiro atoms. The summed E-state index contributed by atoms with van der Waals surface area (Å²) in [4.78, 5) is 10.8. The summed E-state index contributed by atoms with van der Waals surface area (Å²) in [6.45, 7) is 3.72. The van der Waals surface area contributed by atoms with Crippen LogP contribution in [0.4, 0.5) is 17.3 Å². The minimum Gasteiger partial charge on any atom is -0.491 e. The lowest BCUT2D eigenvalue weighted by Crippen LogP contribution is -2.21. The lowest BCUT2D eigenvalue weighted by atomic mass is 10.1. The van der Waals surface area contributed by atoms with Crippen molar-refractivity contribution in [2.24, 2.45) is 0 Å². The molecule has 2 heterocycles. The predicted molar refractivity (Wildman–Crippen MR) is 84.0 cm³/mol. The standard InChI is InChI=1S/C16H20N4O/c1-2-6-12-15(17)18-11-19-16(12)20-9-5-10-21-14-8-4-3-7-13(14)20/h3-4,7-8,11H,2,5-6,9-10H2,1H3,(H2,17,18,19). The van der Waals surface area contributed by atoms with Crippen molar-refractivity contribution in [1.82, 2.24) is 9.97 Å². The number of para-hydroxylation sites is 2. The molecule has 0 unspecified atom stereocenters. The highest BCUT2D eigenvalue weighted by atomic mass is 16.5. The van der Waals surface area contributed by atoms with Crippen LogP contribution in [0.1, 0.15) is 25.3 Å². The SMILES string of the molecule is CCCc1c(N)ncnc1N1CCCOc2ccccc21. The molecule has 110 valence electrons. The Morgan fingerprint density at radius 3 is 3.00 bits per heavy atom. The number of nitrogens with two attached hydrogens (primary N) is 1. The first-order chi connectivity index (χ1) is 10.3. The van der Waals surface area contributed by atoms with Gasteiger partial charge in [0.05, 0.1) is 12.3 Å². The van der Waals surface area contributed by atoms with Crippen molar-refractivity contribution in [2.75, 3.05) is 23.8 Å². The summed E-state index contributed by atoms with van der Waals surface area (Å²) in [5, 5.41) is 0. The molecular formula is C16H20N4O. The molecule has 0 aliphatic carbocycles. The van der Waals surface area contributed by atoms with Crippen LogP contribution in [0.25, 0.3) is 0 Å². The van der Waals surface area contributed by atoms with Crippen LogP contribution in [-0.2, 0) is 6.42 Å². The zero-order chi connectivity index (χ0) is 14.7. The minimum absolute atomic E-state index is 0.574. The molecule has 0 radical (unpaired) electrons. The van der Waals surface area contributed by atoms with Crippen LogP contribution < -0.4 is 15.4 Å². The van der Waals surface area contributed by atoms with E-state index in [4.69, 9.17) is 10.5 Å². The molecule has 5 heteroatoms. The summed E-state index contributed by atoms with van der Waals surface area (Å²) in [6, 6.07) is 8.07. The molecule has 21 heavy (non-hydrogen) atoms. The average molecular weight is 284 g/mol. The third kappa shape index (κ3) is 2.63. The van der Waals surface area contributed by atoms with E-state index >= 15 is 0 Å². The Labute approximate surface area is 124 Å². The van der Waals surface area contributed by atoms with Gasteiger partial charge in [-0.25, -0.2) is 9.97 Å². The normalized spacial score (nSPS) is 14.2. The highest BCUT2D eigenvalue weighted by molar-refractivity contribution is 5.71. The zero-order valence-corrected chi connectivity index (χ0v) is 12.2. The van der Waals surface area contributed by atoms with Gasteiger partial charge in [-0.05, 0) is 25.0 Å². The van der Waals surface area contributed by atoms with Gasteiger partial charge in [0.1, 0.15) is 23.7 Å². The van der Waals surface area contributed by atoms with Crippen LogP contribution in [0.5, 0.6) is 5.75 Å². The van der Waals surface area contributed by atoms with E-state index in [2.05, 4.69) is 27.9 Å². The maximum Gasteiger partial charge on any atom is 0.142 e. The molecule has 2 aromatic rings. The molecule has 1 aliphatic heterocycles. The van der Waals surface area contributed by atoms with Crippen molar-refractivity contribution in [2.45, 2.75) is 26.2 Å². The molecule has 1 aromatic carbocycles. The number of benzene rings is 1. The van der Waals surface area contributed by atoms with Crippen LogP contribution in [0.2, 0.25) is 0 Å². The number of ether oxygens (including phenoxy) is 1. The molecule has 0 fully saturated rings. The van der Waals surface area contributed by atoms with Crippen LogP contribution in [0.15, 0.2) is 30.6 Å². The molecule has 5 nitrogen and oxygen atoms in total. The van der Waals surface area contributed by atoms with Gasteiger partial charge in [0.2, 0.25) is 0 Å². The molecule has 0 amide bonds. The number of rotatable bonds is 3.